The van der Waals surface area contributed by atoms with E-state index in [1.807, 2.05) is 0 Å². The zero-order valence-electron chi connectivity index (χ0n) is 16.6. The van der Waals surface area contributed by atoms with E-state index in [9.17, 15) is 4.39 Å². The number of alkyl halides is 1. The van der Waals surface area contributed by atoms with Crippen molar-refractivity contribution in [3.8, 4) is 11.5 Å². The summed E-state index contributed by atoms with van der Waals surface area (Å²) in [5.41, 5.74) is 1.20. The molecule has 0 radical (unpaired) electrons. The summed E-state index contributed by atoms with van der Waals surface area (Å²) in [5, 5.41) is 4.64. The van der Waals surface area contributed by atoms with Gasteiger partial charge in [-0.3, -0.25) is 0 Å². The third-order valence-corrected chi connectivity index (χ3v) is 7.21. The molecule has 0 amide bonds. The number of rotatable bonds is 5. The van der Waals surface area contributed by atoms with Crippen molar-refractivity contribution in [2.45, 2.75) is 24.5 Å². The zero-order chi connectivity index (χ0) is 22.4. The van der Waals surface area contributed by atoms with Gasteiger partial charge in [0.25, 0.3) is 0 Å². The molecular weight excluding hydrogens is 528 g/mol. The van der Waals surface area contributed by atoms with Crippen LogP contribution in [-0.4, -0.2) is 54.8 Å². The molecule has 7 nitrogen and oxygen atoms in total. The summed E-state index contributed by atoms with van der Waals surface area (Å²) in [6.07, 6.45) is -1.23. The van der Waals surface area contributed by atoms with Gasteiger partial charge in [0, 0.05) is 15.9 Å². The van der Waals surface area contributed by atoms with E-state index in [0.717, 1.165) is 0 Å². The van der Waals surface area contributed by atoms with Crippen LogP contribution in [0.4, 0.5) is 15.9 Å². The zero-order valence-corrected chi connectivity index (χ0v) is 19.7. The Bertz CT molecular complexity index is 1190. The topological polar surface area (TPSA) is 74.7 Å². The van der Waals surface area contributed by atoms with Gasteiger partial charge in [0.2, 0.25) is 0 Å². The largest absolute Gasteiger partial charge is 0.493 e. The van der Waals surface area contributed by atoms with Crippen LogP contribution in [0.1, 0.15) is 0 Å². The SMILES string of the molecule is COc1cc2c(Nc3ccc(Br)c(Cl)c3Cl)ncnc2cc1O[C@@H]1CO[C@@H]2C1OC[C@H]2F. The van der Waals surface area contributed by atoms with Crippen molar-refractivity contribution >= 4 is 61.5 Å². The first kappa shape index (κ1) is 21.9. The van der Waals surface area contributed by atoms with Crippen molar-refractivity contribution in [1.29, 1.82) is 0 Å². The molecule has 3 heterocycles. The van der Waals surface area contributed by atoms with Gasteiger partial charge in [-0.25, -0.2) is 14.4 Å². The molecule has 1 aromatic heterocycles. The smallest absolute Gasteiger partial charge is 0.164 e. The van der Waals surface area contributed by atoms with Gasteiger partial charge in [0.1, 0.15) is 24.4 Å². The lowest BCUT2D eigenvalue weighted by Gasteiger charge is -2.20. The molecule has 0 saturated carbocycles. The highest BCUT2D eigenvalue weighted by atomic mass is 79.9. The summed E-state index contributed by atoms with van der Waals surface area (Å²) in [6.45, 7) is 0.241. The molecule has 2 saturated heterocycles. The molecule has 5 rings (SSSR count). The van der Waals surface area contributed by atoms with Gasteiger partial charge in [0.15, 0.2) is 23.8 Å². The van der Waals surface area contributed by atoms with Crippen molar-refractivity contribution < 1.29 is 23.3 Å². The van der Waals surface area contributed by atoms with Crippen LogP contribution in [0.5, 0.6) is 11.5 Å². The number of fused-ring (bicyclic) bond motifs is 2. The highest BCUT2D eigenvalue weighted by Gasteiger charge is 2.49. The maximum atomic E-state index is 13.9. The Morgan fingerprint density at radius 1 is 1.09 bits per heavy atom. The Morgan fingerprint density at radius 2 is 1.91 bits per heavy atom. The van der Waals surface area contributed by atoms with Crippen LogP contribution in [0.2, 0.25) is 10.0 Å². The van der Waals surface area contributed by atoms with Crippen LogP contribution in [0.15, 0.2) is 35.1 Å². The fraction of sp³-hybridized carbons (Fsp3) is 0.333. The molecule has 2 aliphatic rings. The molecular formula is C21H17BrCl2FN3O4. The third kappa shape index (κ3) is 3.86. The molecule has 1 unspecified atom stereocenters. The van der Waals surface area contributed by atoms with E-state index < -0.39 is 24.5 Å². The van der Waals surface area contributed by atoms with Gasteiger partial charge < -0.3 is 24.3 Å². The van der Waals surface area contributed by atoms with Gasteiger partial charge in [0.05, 0.1) is 41.6 Å². The Morgan fingerprint density at radius 3 is 2.72 bits per heavy atom. The highest BCUT2D eigenvalue weighted by molar-refractivity contribution is 9.10. The average molecular weight is 545 g/mol. The number of nitrogens with one attached hydrogen (secondary N) is 1. The lowest BCUT2D eigenvalue weighted by Crippen LogP contribution is -2.33. The van der Waals surface area contributed by atoms with E-state index in [-0.39, 0.29) is 13.2 Å². The van der Waals surface area contributed by atoms with Gasteiger partial charge >= 0.3 is 0 Å². The average Bonchev–Trinajstić information content (AvgIpc) is 3.37. The molecule has 32 heavy (non-hydrogen) atoms. The molecule has 2 fully saturated rings. The highest BCUT2D eigenvalue weighted by Crippen LogP contribution is 2.40. The predicted molar refractivity (Wildman–Crippen MR) is 122 cm³/mol. The van der Waals surface area contributed by atoms with E-state index in [2.05, 4.69) is 31.2 Å². The molecule has 0 spiro atoms. The number of hydrogen-bond acceptors (Lipinski definition) is 7. The predicted octanol–water partition coefficient (Wildman–Crippen LogP) is 5.33. The van der Waals surface area contributed by atoms with Crippen LogP contribution in [0.25, 0.3) is 10.9 Å². The van der Waals surface area contributed by atoms with Gasteiger partial charge in [-0.1, -0.05) is 23.2 Å². The number of aromatic nitrogens is 2. The minimum Gasteiger partial charge on any atom is -0.493 e. The normalized spacial score (nSPS) is 24.5. The fourth-order valence-electron chi connectivity index (χ4n) is 3.85. The number of nitrogens with zero attached hydrogens (tertiary/aromatic N) is 2. The Hall–Kier alpha value is -1.91. The van der Waals surface area contributed by atoms with Crippen molar-refractivity contribution in [3.63, 3.8) is 0 Å². The Labute approximate surface area is 201 Å². The number of ether oxygens (including phenoxy) is 4. The van der Waals surface area contributed by atoms with E-state index >= 15 is 0 Å². The second-order valence-corrected chi connectivity index (χ2v) is 8.97. The second kappa shape index (κ2) is 8.79. The van der Waals surface area contributed by atoms with Crippen LogP contribution in [-0.2, 0) is 9.47 Å². The minimum absolute atomic E-state index is 0.00887. The monoisotopic (exact) mass is 543 g/mol. The van der Waals surface area contributed by atoms with E-state index in [0.29, 0.717) is 48.4 Å². The first-order valence-electron chi connectivity index (χ1n) is 9.73. The van der Waals surface area contributed by atoms with Crippen LogP contribution in [0.3, 0.4) is 0 Å². The molecule has 11 heteroatoms. The maximum absolute atomic E-state index is 13.9. The van der Waals surface area contributed by atoms with Crippen molar-refractivity contribution in [1.82, 2.24) is 9.97 Å². The number of anilines is 2. The minimum atomic E-state index is -1.15. The summed E-state index contributed by atoms with van der Waals surface area (Å²) >= 11 is 16.0. The summed E-state index contributed by atoms with van der Waals surface area (Å²) in [5.74, 6) is 1.44. The number of halogens is 4. The fourth-order valence-corrected chi connectivity index (χ4v) is 4.67. The van der Waals surface area contributed by atoms with Crippen molar-refractivity contribution in [2.75, 3.05) is 25.6 Å². The van der Waals surface area contributed by atoms with Gasteiger partial charge in [-0.2, -0.15) is 0 Å². The molecule has 3 aromatic rings. The maximum Gasteiger partial charge on any atom is 0.164 e. The first-order valence-corrected chi connectivity index (χ1v) is 11.3. The molecule has 4 atom stereocenters. The first-order chi connectivity index (χ1) is 15.5. The summed E-state index contributed by atoms with van der Waals surface area (Å²) in [4.78, 5) is 8.69. The van der Waals surface area contributed by atoms with E-state index in [1.165, 1.54) is 13.4 Å². The third-order valence-electron chi connectivity index (χ3n) is 5.43. The van der Waals surface area contributed by atoms with Gasteiger partial charge in [-0.15, -0.1) is 0 Å². The molecule has 1 N–H and O–H groups in total. The van der Waals surface area contributed by atoms with Crippen LogP contribution in [0, 0.1) is 0 Å². The Kier molecular flexibility index (Phi) is 6.02. The van der Waals surface area contributed by atoms with E-state index in [1.54, 1.807) is 24.3 Å². The lowest BCUT2D eigenvalue weighted by molar-refractivity contribution is 0.0271. The van der Waals surface area contributed by atoms with Gasteiger partial charge in [-0.05, 0) is 34.1 Å². The summed E-state index contributed by atoms with van der Waals surface area (Å²) < 4.78 is 37.3. The number of hydrogen-bond donors (Lipinski definition) is 1. The lowest BCUT2D eigenvalue weighted by atomic mass is 10.1. The number of methoxy groups -OCH3 is 1. The quantitative estimate of drug-likeness (QED) is 0.435. The molecule has 2 aliphatic heterocycles. The van der Waals surface area contributed by atoms with Crippen molar-refractivity contribution in [2.24, 2.45) is 0 Å². The summed E-state index contributed by atoms with van der Waals surface area (Å²) in [6, 6.07) is 7.09. The van der Waals surface area contributed by atoms with Crippen molar-refractivity contribution in [3.05, 3.63) is 45.1 Å². The van der Waals surface area contributed by atoms with E-state index in [4.69, 9.17) is 42.1 Å². The Balaban J connectivity index is 1.47. The molecule has 2 aromatic carbocycles. The second-order valence-electron chi connectivity index (χ2n) is 7.36. The molecule has 0 bridgehead atoms. The molecule has 168 valence electrons. The standard InChI is InChI=1S/C21H17BrCl2FN3O4/c1-29-14-4-9-13(5-15(14)32-16-7-31-19-11(25)6-30-20(16)19)26-8-27-21(9)28-12-3-2-10(22)17(23)18(12)24/h2-5,8,11,16,19-20H,6-7H2,1H3,(H,26,27,28)/t11-,16-,19+,20?/m1/s1. The van der Waals surface area contributed by atoms with Crippen LogP contribution < -0.4 is 14.8 Å². The number of benzene rings is 2. The molecule has 0 aliphatic carbocycles. The summed E-state index contributed by atoms with van der Waals surface area (Å²) in [7, 11) is 1.54. The van der Waals surface area contributed by atoms with Crippen LogP contribution >= 0.6 is 39.1 Å².